The fourth-order valence-corrected chi connectivity index (χ4v) is 2.38. The van der Waals surface area contributed by atoms with Crippen molar-refractivity contribution >= 4 is 17.1 Å². The molecule has 10 heteroatoms. The standard InChI is InChI=1S/C10H13N5O5/c11-9-14-7-5(12-3-13-7)8(19)15(9)10(2-16)6(18)4(17)1-20-10/h3-4,6,16-18H,1-2H2,(H2,11,14)(H,12,13)/t4-,6+,10+/m1/s1. The molecule has 6 N–H and O–H groups in total. The lowest BCUT2D eigenvalue weighted by Gasteiger charge is -2.32. The second-order valence-corrected chi connectivity index (χ2v) is 4.54. The lowest BCUT2D eigenvalue weighted by Crippen LogP contribution is -2.53. The van der Waals surface area contributed by atoms with Gasteiger partial charge >= 0.3 is 0 Å². The normalized spacial score (nSPS) is 30.1. The number of nitrogens with one attached hydrogen (secondary N) is 1. The number of ether oxygens (including phenoxy) is 1. The van der Waals surface area contributed by atoms with Crippen molar-refractivity contribution in [3.05, 3.63) is 16.7 Å². The van der Waals surface area contributed by atoms with E-state index in [0.717, 1.165) is 4.57 Å². The molecular formula is C10H13N5O5. The predicted molar refractivity (Wildman–Crippen MR) is 65.6 cm³/mol. The number of imidazole rings is 1. The van der Waals surface area contributed by atoms with Gasteiger partial charge < -0.3 is 30.8 Å². The zero-order chi connectivity index (χ0) is 14.5. The molecular weight excluding hydrogens is 270 g/mol. The Morgan fingerprint density at radius 3 is 2.95 bits per heavy atom. The highest BCUT2D eigenvalue weighted by atomic mass is 16.6. The van der Waals surface area contributed by atoms with Crippen LogP contribution in [-0.2, 0) is 10.5 Å². The molecule has 0 aliphatic carbocycles. The number of aliphatic hydroxyl groups is 3. The van der Waals surface area contributed by atoms with E-state index in [4.69, 9.17) is 10.5 Å². The summed E-state index contributed by atoms with van der Waals surface area (Å²) in [6.45, 7) is -0.995. The molecule has 3 heterocycles. The van der Waals surface area contributed by atoms with E-state index in [-0.39, 0.29) is 23.7 Å². The van der Waals surface area contributed by atoms with Gasteiger partial charge in [-0.15, -0.1) is 0 Å². The maximum absolute atomic E-state index is 12.4. The number of hydrogen-bond acceptors (Lipinski definition) is 8. The van der Waals surface area contributed by atoms with Crippen molar-refractivity contribution < 1.29 is 20.1 Å². The first-order valence-electron chi connectivity index (χ1n) is 5.84. The van der Waals surface area contributed by atoms with Crippen LogP contribution in [0.1, 0.15) is 0 Å². The van der Waals surface area contributed by atoms with Gasteiger partial charge in [0, 0.05) is 0 Å². The number of H-pyrrole nitrogens is 1. The smallest absolute Gasteiger partial charge is 0.283 e. The van der Waals surface area contributed by atoms with Gasteiger partial charge in [0.1, 0.15) is 12.2 Å². The topological polar surface area (TPSA) is 160 Å². The third-order valence-corrected chi connectivity index (χ3v) is 3.42. The van der Waals surface area contributed by atoms with E-state index in [9.17, 15) is 20.1 Å². The number of nitrogens with two attached hydrogens (primary N) is 1. The number of aromatic nitrogens is 4. The molecule has 10 nitrogen and oxygen atoms in total. The quantitative estimate of drug-likeness (QED) is 0.392. The number of anilines is 1. The zero-order valence-corrected chi connectivity index (χ0v) is 10.2. The summed E-state index contributed by atoms with van der Waals surface area (Å²) in [5.41, 5.74) is 3.36. The number of aromatic amines is 1. The summed E-state index contributed by atoms with van der Waals surface area (Å²) in [5.74, 6) is -0.281. The molecule has 3 atom stereocenters. The van der Waals surface area contributed by atoms with Crippen LogP contribution >= 0.6 is 0 Å². The van der Waals surface area contributed by atoms with Crippen LogP contribution in [0.4, 0.5) is 5.95 Å². The summed E-state index contributed by atoms with van der Waals surface area (Å²) < 4.78 is 6.07. The number of nitrogen functional groups attached to an aromatic ring is 1. The molecule has 0 saturated carbocycles. The maximum Gasteiger partial charge on any atom is 0.283 e. The lowest BCUT2D eigenvalue weighted by atomic mass is 10.1. The molecule has 0 bridgehead atoms. The van der Waals surface area contributed by atoms with Crippen LogP contribution in [0, 0.1) is 0 Å². The van der Waals surface area contributed by atoms with Gasteiger partial charge in [0.05, 0.1) is 19.5 Å². The maximum atomic E-state index is 12.4. The van der Waals surface area contributed by atoms with E-state index in [1.54, 1.807) is 0 Å². The average molecular weight is 283 g/mol. The summed E-state index contributed by atoms with van der Waals surface area (Å²) in [6.07, 6.45) is -1.49. The van der Waals surface area contributed by atoms with Gasteiger partial charge in [-0.3, -0.25) is 4.79 Å². The number of aliphatic hydroxyl groups excluding tert-OH is 3. The Kier molecular flexibility index (Phi) is 2.76. The van der Waals surface area contributed by atoms with Gasteiger partial charge in [0.2, 0.25) is 11.7 Å². The molecule has 20 heavy (non-hydrogen) atoms. The van der Waals surface area contributed by atoms with Crippen LogP contribution in [0.15, 0.2) is 11.1 Å². The number of rotatable bonds is 2. The lowest BCUT2D eigenvalue weighted by molar-refractivity contribution is -0.152. The van der Waals surface area contributed by atoms with Gasteiger partial charge in [0.15, 0.2) is 11.2 Å². The Hall–Kier alpha value is -2.01. The predicted octanol–water partition coefficient (Wildman–Crippen LogP) is -2.90. The first kappa shape index (κ1) is 13.0. The molecule has 0 spiro atoms. The van der Waals surface area contributed by atoms with Gasteiger partial charge in [0.25, 0.3) is 5.56 Å². The van der Waals surface area contributed by atoms with E-state index in [0.29, 0.717) is 0 Å². The first-order valence-corrected chi connectivity index (χ1v) is 5.84. The van der Waals surface area contributed by atoms with Gasteiger partial charge in [-0.1, -0.05) is 0 Å². The molecule has 108 valence electrons. The molecule has 0 amide bonds. The second kappa shape index (κ2) is 4.24. The molecule has 3 rings (SSSR count). The van der Waals surface area contributed by atoms with Crippen molar-refractivity contribution in [1.82, 2.24) is 19.5 Å². The zero-order valence-electron chi connectivity index (χ0n) is 10.2. The minimum absolute atomic E-state index is 0.0595. The number of nitrogens with zero attached hydrogens (tertiary/aromatic N) is 3. The van der Waals surface area contributed by atoms with Gasteiger partial charge in [-0.2, -0.15) is 4.98 Å². The van der Waals surface area contributed by atoms with Gasteiger partial charge in [-0.05, 0) is 0 Å². The van der Waals surface area contributed by atoms with E-state index < -0.39 is 30.1 Å². The summed E-state index contributed by atoms with van der Waals surface area (Å²) >= 11 is 0. The van der Waals surface area contributed by atoms with Crippen LogP contribution in [0.3, 0.4) is 0 Å². The molecule has 2 aromatic heterocycles. The summed E-state index contributed by atoms with van der Waals surface area (Å²) in [5, 5.41) is 29.2. The SMILES string of the molecule is Nc1nc2nc[nH]c2c(=O)n1[C@@]1(CO)OC[C@@H](O)[C@@H]1O. The monoisotopic (exact) mass is 283 g/mol. The Morgan fingerprint density at radius 2 is 2.35 bits per heavy atom. The Balaban J connectivity index is 2.30. The highest BCUT2D eigenvalue weighted by Crippen LogP contribution is 2.31. The molecule has 1 saturated heterocycles. The minimum Gasteiger partial charge on any atom is -0.391 e. The first-order chi connectivity index (χ1) is 9.51. The highest BCUT2D eigenvalue weighted by molar-refractivity contribution is 5.69. The van der Waals surface area contributed by atoms with Crippen LogP contribution in [0.5, 0.6) is 0 Å². The highest BCUT2D eigenvalue weighted by Gasteiger charge is 2.52. The summed E-state index contributed by atoms with van der Waals surface area (Å²) in [7, 11) is 0. The van der Waals surface area contributed by atoms with E-state index in [1.165, 1.54) is 6.33 Å². The molecule has 1 aliphatic heterocycles. The molecule has 0 aromatic carbocycles. The third-order valence-electron chi connectivity index (χ3n) is 3.42. The average Bonchev–Trinajstić information content (AvgIpc) is 2.99. The van der Waals surface area contributed by atoms with E-state index >= 15 is 0 Å². The summed E-state index contributed by atoms with van der Waals surface area (Å²) in [6, 6.07) is 0. The van der Waals surface area contributed by atoms with E-state index in [1.807, 2.05) is 0 Å². The molecule has 1 fully saturated rings. The van der Waals surface area contributed by atoms with Crippen LogP contribution in [-0.4, -0.2) is 60.3 Å². The molecule has 2 aromatic rings. The van der Waals surface area contributed by atoms with Crippen LogP contribution in [0.25, 0.3) is 11.2 Å². The summed E-state index contributed by atoms with van der Waals surface area (Å²) in [4.78, 5) is 22.7. The largest absolute Gasteiger partial charge is 0.391 e. The Labute approximate surface area is 111 Å². The second-order valence-electron chi connectivity index (χ2n) is 4.54. The van der Waals surface area contributed by atoms with E-state index in [2.05, 4.69) is 15.0 Å². The van der Waals surface area contributed by atoms with Crippen molar-refractivity contribution in [2.45, 2.75) is 17.9 Å². The number of fused-ring (bicyclic) bond motifs is 1. The fourth-order valence-electron chi connectivity index (χ4n) is 2.38. The van der Waals surface area contributed by atoms with Crippen LogP contribution < -0.4 is 11.3 Å². The molecule has 0 radical (unpaired) electrons. The van der Waals surface area contributed by atoms with Crippen molar-refractivity contribution in [3.63, 3.8) is 0 Å². The fraction of sp³-hybridized carbons (Fsp3) is 0.500. The van der Waals surface area contributed by atoms with Gasteiger partial charge in [-0.25, -0.2) is 9.55 Å². The number of hydrogen-bond donors (Lipinski definition) is 5. The molecule has 0 unspecified atom stereocenters. The van der Waals surface area contributed by atoms with Crippen LogP contribution in [0.2, 0.25) is 0 Å². The Bertz CT molecular complexity index is 712. The Morgan fingerprint density at radius 1 is 1.60 bits per heavy atom. The van der Waals surface area contributed by atoms with Crippen molar-refractivity contribution in [2.75, 3.05) is 18.9 Å². The van der Waals surface area contributed by atoms with Crippen molar-refractivity contribution in [2.24, 2.45) is 0 Å². The van der Waals surface area contributed by atoms with Crippen molar-refractivity contribution in [1.29, 1.82) is 0 Å². The minimum atomic E-state index is -1.87. The van der Waals surface area contributed by atoms with Crippen molar-refractivity contribution in [3.8, 4) is 0 Å². The molecule has 1 aliphatic rings. The third kappa shape index (κ3) is 1.50.